The largest absolute Gasteiger partial charge is 0.342 e. The first-order chi connectivity index (χ1) is 7.20. The Morgan fingerprint density at radius 2 is 2.13 bits per heavy atom. The monoisotopic (exact) mass is 212 g/mol. The molecule has 0 aromatic carbocycles. The van der Waals surface area contributed by atoms with Crippen LogP contribution in [-0.2, 0) is 4.79 Å². The highest BCUT2D eigenvalue weighted by Gasteiger charge is 2.41. The van der Waals surface area contributed by atoms with Crippen molar-refractivity contribution in [2.45, 2.75) is 40.0 Å². The maximum atomic E-state index is 12.4. The minimum Gasteiger partial charge on any atom is -0.342 e. The van der Waals surface area contributed by atoms with Gasteiger partial charge in [0.1, 0.15) is 0 Å². The molecule has 88 valence electrons. The Morgan fingerprint density at radius 1 is 1.40 bits per heavy atom. The van der Waals surface area contributed by atoms with Crippen LogP contribution in [0.2, 0.25) is 0 Å². The molecule has 3 nitrogen and oxygen atoms in total. The Bertz CT molecular complexity index is 210. The number of carbonyl (C=O) groups is 1. The highest BCUT2D eigenvalue weighted by molar-refractivity contribution is 5.83. The SMILES string of the molecule is CCCN(CC)C(=O)C1(CC)CCNC1. The second-order valence-electron chi connectivity index (χ2n) is 4.45. The van der Waals surface area contributed by atoms with Crippen LogP contribution in [0.4, 0.5) is 0 Å². The lowest BCUT2D eigenvalue weighted by Gasteiger charge is -2.32. The lowest BCUT2D eigenvalue weighted by Crippen LogP contribution is -2.45. The maximum Gasteiger partial charge on any atom is 0.230 e. The second kappa shape index (κ2) is 5.50. The second-order valence-corrected chi connectivity index (χ2v) is 4.45. The lowest BCUT2D eigenvalue weighted by molar-refractivity contribution is -0.141. The maximum absolute atomic E-state index is 12.4. The highest BCUT2D eigenvalue weighted by Crippen LogP contribution is 2.31. The molecule has 0 radical (unpaired) electrons. The molecule has 1 unspecified atom stereocenters. The van der Waals surface area contributed by atoms with Crippen molar-refractivity contribution in [2.75, 3.05) is 26.2 Å². The molecule has 3 heteroatoms. The number of hydrogen-bond acceptors (Lipinski definition) is 2. The van der Waals surface area contributed by atoms with Crippen LogP contribution in [-0.4, -0.2) is 37.0 Å². The molecule has 0 aromatic heterocycles. The van der Waals surface area contributed by atoms with E-state index in [1.165, 1.54) is 0 Å². The van der Waals surface area contributed by atoms with Crippen molar-refractivity contribution < 1.29 is 4.79 Å². The summed E-state index contributed by atoms with van der Waals surface area (Å²) < 4.78 is 0. The van der Waals surface area contributed by atoms with Crippen LogP contribution < -0.4 is 5.32 Å². The topological polar surface area (TPSA) is 32.3 Å². The summed E-state index contributed by atoms with van der Waals surface area (Å²) in [5, 5.41) is 3.32. The molecule has 1 atom stereocenters. The molecule has 0 aromatic rings. The Hall–Kier alpha value is -0.570. The summed E-state index contributed by atoms with van der Waals surface area (Å²) >= 11 is 0. The molecular weight excluding hydrogens is 188 g/mol. The van der Waals surface area contributed by atoms with Crippen LogP contribution in [0, 0.1) is 5.41 Å². The van der Waals surface area contributed by atoms with E-state index < -0.39 is 0 Å². The van der Waals surface area contributed by atoms with E-state index in [0.717, 1.165) is 45.4 Å². The first-order valence-corrected chi connectivity index (χ1v) is 6.20. The third-order valence-corrected chi connectivity index (χ3v) is 3.54. The molecule has 15 heavy (non-hydrogen) atoms. The van der Waals surface area contributed by atoms with E-state index in [1.54, 1.807) is 0 Å². The number of nitrogens with zero attached hydrogens (tertiary/aromatic N) is 1. The van der Waals surface area contributed by atoms with E-state index >= 15 is 0 Å². The predicted molar refractivity (Wildman–Crippen MR) is 62.8 cm³/mol. The van der Waals surface area contributed by atoms with E-state index in [9.17, 15) is 4.79 Å². The van der Waals surface area contributed by atoms with Crippen molar-refractivity contribution in [3.8, 4) is 0 Å². The van der Waals surface area contributed by atoms with E-state index in [4.69, 9.17) is 0 Å². The van der Waals surface area contributed by atoms with Gasteiger partial charge in [0.25, 0.3) is 0 Å². The molecule has 1 fully saturated rings. The van der Waals surface area contributed by atoms with Crippen molar-refractivity contribution in [3.63, 3.8) is 0 Å². The third-order valence-electron chi connectivity index (χ3n) is 3.54. The number of rotatable bonds is 5. The lowest BCUT2D eigenvalue weighted by atomic mass is 9.82. The van der Waals surface area contributed by atoms with Gasteiger partial charge < -0.3 is 10.2 Å². The molecule has 0 bridgehead atoms. The van der Waals surface area contributed by atoms with Crippen molar-refractivity contribution >= 4 is 5.91 Å². The van der Waals surface area contributed by atoms with E-state index in [0.29, 0.717) is 5.91 Å². The summed E-state index contributed by atoms with van der Waals surface area (Å²) in [5.74, 6) is 0.361. The molecule has 1 heterocycles. The van der Waals surface area contributed by atoms with Gasteiger partial charge in [-0.05, 0) is 32.7 Å². The quantitative estimate of drug-likeness (QED) is 0.751. The molecule has 1 aliphatic heterocycles. The summed E-state index contributed by atoms with van der Waals surface area (Å²) in [4.78, 5) is 14.4. The van der Waals surface area contributed by atoms with Gasteiger partial charge in [0.2, 0.25) is 5.91 Å². The Morgan fingerprint density at radius 3 is 2.53 bits per heavy atom. The average molecular weight is 212 g/mol. The molecule has 1 saturated heterocycles. The van der Waals surface area contributed by atoms with Crippen LogP contribution in [0.1, 0.15) is 40.0 Å². The van der Waals surface area contributed by atoms with Gasteiger partial charge in [0, 0.05) is 19.6 Å². The van der Waals surface area contributed by atoms with Gasteiger partial charge in [-0.3, -0.25) is 4.79 Å². The molecule has 1 rings (SSSR count). The minimum atomic E-state index is -0.106. The molecule has 0 spiro atoms. The number of hydrogen-bond donors (Lipinski definition) is 1. The van der Waals surface area contributed by atoms with Gasteiger partial charge >= 0.3 is 0 Å². The van der Waals surface area contributed by atoms with Crippen LogP contribution in [0.25, 0.3) is 0 Å². The molecule has 1 aliphatic rings. The van der Waals surface area contributed by atoms with Crippen LogP contribution in [0.15, 0.2) is 0 Å². The van der Waals surface area contributed by atoms with Crippen LogP contribution in [0.5, 0.6) is 0 Å². The molecule has 1 N–H and O–H groups in total. The number of amides is 1. The minimum absolute atomic E-state index is 0.106. The Kier molecular flexibility index (Phi) is 4.58. The summed E-state index contributed by atoms with van der Waals surface area (Å²) in [7, 11) is 0. The number of carbonyl (C=O) groups excluding carboxylic acids is 1. The van der Waals surface area contributed by atoms with Crippen molar-refractivity contribution in [2.24, 2.45) is 5.41 Å². The summed E-state index contributed by atoms with van der Waals surface area (Å²) in [6, 6.07) is 0. The fourth-order valence-corrected chi connectivity index (χ4v) is 2.39. The smallest absolute Gasteiger partial charge is 0.230 e. The van der Waals surface area contributed by atoms with Crippen LogP contribution >= 0.6 is 0 Å². The fourth-order valence-electron chi connectivity index (χ4n) is 2.39. The summed E-state index contributed by atoms with van der Waals surface area (Å²) in [5.41, 5.74) is -0.106. The van der Waals surface area contributed by atoms with Crippen molar-refractivity contribution in [3.05, 3.63) is 0 Å². The van der Waals surface area contributed by atoms with E-state index in [-0.39, 0.29) is 5.41 Å². The molecule has 1 amide bonds. The molecular formula is C12H24N2O. The normalized spacial score (nSPS) is 25.5. The van der Waals surface area contributed by atoms with Gasteiger partial charge in [-0.2, -0.15) is 0 Å². The van der Waals surface area contributed by atoms with Gasteiger partial charge in [0.15, 0.2) is 0 Å². The van der Waals surface area contributed by atoms with Gasteiger partial charge in [-0.15, -0.1) is 0 Å². The third kappa shape index (κ3) is 2.51. The Balaban J connectivity index is 2.70. The fraction of sp³-hybridized carbons (Fsp3) is 0.917. The zero-order chi connectivity index (χ0) is 11.3. The first-order valence-electron chi connectivity index (χ1n) is 6.20. The van der Waals surface area contributed by atoms with Crippen LogP contribution in [0.3, 0.4) is 0 Å². The van der Waals surface area contributed by atoms with Gasteiger partial charge in [0.05, 0.1) is 5.41 Å². The van der Waals surface area contributed by atoms with E-state index in [2.05, 4.69) is 26.1 Å². The highest BCUT2D eigenvalue weighted by atomic mass is 16.2. The predicted octanol–water partition coefficient (Wildman–Crippen LogP) is 1.63. The Labute approximate surface area is 93.2 Å². The average Bonchev–Trinajstić information content (AvgIpc) is 2.74. The van der Waals surface area contributed by atoms with Crippen molar-refractivity contribution in [1.29, 1.82) is 0 Å². The summed E-state index contributed by atoms with van der Waals surface area (Å²) in [6.45, 7) is 9.92. The van der Waals surface area contributed by atoms with Crippen molar-refractivity contribution in [1.82, 2.24) is 10.2 Å². The summed E-state index contributed by atoms with van der Waals surface area (Å²) in [6.07, 6.45) is 3.01. The standard InChI is InChI=1S/C12H24N2O/c1-4-9-14(6-3)11(15)12(5-2)7-8-13-10-12/h13H,4-10H2,1-3H3. The van der Waals surface area contributed by atoms with Gasteiger partial charge in [-0.1, -0.05) is 13.8 Å². The zero-order valence-corrected chi connectivity index (χ0v) is 10.3. The molecule has 0 aliphatic carbocycles. The number of nitrogens with one attached hydrogen (secondary N) is 1. The molecule has 0 saturated carbocycles. The first kappa shape index (κ1) is 12.5. The van der Waals surface area contributed by atoms with E-state index in [1.807, 2.05) is 4.90 Å². The zero-order valence-electron chi connectivity index (χ0n) is 10.3. The van der Waals surface area contributed by atoms with Gasteiger partial charge in [-0.25, -0.2) is 0 Å².